The van der Waals surface area contributed by atoms with Crippen LogP contribution in [0.1, 0.15) is 31.7 Å². The molecule has 15 heavy (non-hydrogen) atoms. The van der Waals surface area contributed by atoms with Gasteiger partial charge in [0.15, 0.2) is 0 Å². The quantitative estimate of drug-likeness (QED) is 0.746. The van der Waals surface area contributed by atoms with Crippen LogP contribution in [0.15, 0.2) is 30.3 Å². The molecule has 0 aliphatic heterocycles. The predicted molar refractivity (Wildman–Crippen MR) is 58.9 cm³/mol. The van der Waals surface area contributed by atoms with Gasteiger partial charge in [0, 0.05) is 6.42 Å². The average molecular weight is 198 g/mol. The number of nitriles is 2. The molecule has 0 unspecified atom stereocenters. The van der Waals surface area contributed by atoms with E-state index < -0.39 is 5.41 Å². The Hall–Kier alpha value is -1.80. The van der Waals surface area contributed by atoms with Crippen LogP contribution in [0.25, 0.3) is 0 Å². The maximum atomic E-state index is 9.30. The molecule has 1 aromatic rings. The van der Waals surface area contributed by atoms with Crippen molar-refractivity contribution >= 4 is 0 Å². The van der Waals surface area contributed by atoms with Gasteiger partial charge < -0.3 is 0 Å². The Kier molecular flexibility index (Phi) is 3.89. The zero-order valence-electron chi connectivity index (χ0n) is 8.90. The first-order chi connectivity index (χ1) is 7.29. The van der Waals surface area contributed by atoms with Crippen molar-refractivity contribution in [3.63, 3.8) is 0 Å². The third-order valence-electron chi connectivity index (χ3n) is 2.81. The summed E-state index contributed by atoms with van der Waals surface area (Å²) in [7, 11) is 0. The molecule has 0 aliphatic rings. The van der Waals surface area contributed by atoms with Crippen molar-refractivity contribution in [2.75, 3.05) is 0 Å². The van der Waals surface area contributed by atoms with Gasteiger partial charge in [0.2, 0.25) is 0 Å². The molecule has 0 saturated heterocycles. The summed E-state index contributed by atoms with van der Waals surface area (Å²) in [5, 5.41) is 17.9. The third kappa shape index (κ3) is 2.36. The lowest BCUT2D eigenvalue weighted by Crippen LogP contribution is -2.22. The smallest absolute Gasteiger partial charge is 0.0829 e. The lowest BCUT2D eigenvalue weighted by atomic mass is 9.76. The van der Waals surface area contributed by atoms with E-state index in [1.165, 1.54) is 0 Å². The van der Waals surface area contributed by atoms with Crippen LogP contribution in [0.2, 0.25) is 0 Å². The molecule has 0 radical (unpaired) electrons. The molecule has 2 nitrogen and oxygen atoms in total. The van der Waals surface area contributed by atoms with Gasteiger partial charge in [-0.05, 0) is 18.4 Å². The fraction of sp³-hybridized carbons (Fsp3) is 0.385. The minimum absolute atomic E-state index is 0.427. The van der Waals surface area contributed by atoms with Gasteiger partial charge in [-0.3, -0.25) is 0 Å². The van der Waals surface area contributed by atoms with Crippen LogP contribution in [-0.4, -0.2) is 0 Å². The van der Waals surface area contributed by atoms with Crippen LogP contribution in [0.5, 0.6) is 0 Å². The van der Waals surface area contributed by atoms with E-state index in [2.05, 4.69) is 12.1 Å². The Morgan fingerprint density at radius 2 is 1.87 bits per heavy atom. The van der Waals surface area contributed by atoms with Crippen LogP contribution in [0.4, 0.5) is 0 Å². The Balaban J connectivity index is 3.03. The van der Waals surface area contributed by atoms with Crippen molar-refractivity contribution in [1.29, 1.82) is 10.5 Å². The fourth-order valence-corrected chi connectivity index (χ4v) is 1.75. The Labute approximate surface area is 90.8 Å². The van der Waals surface area contributed by atoms with Crippen LogP contribution < -0.4 is 0 Å². The van der Waals surface area contributed by atoms with E-state index in [1.54, 1.807) is 0 Å². The standard InChI is InChI=1S/C13H14N2/c1-2-13(11-15,9-6-10-14)12-7-4-3-5-8-12/h3-5,7-8H,2,6,9H2,1H3/t13-/m1/s1. The number of rotatable bonds is 4. The van der Waals surface area contributed by atoms with Crippen LogP contribution in [-0.2, 0) is 5.41 Å². The zero-order chi connectivity index (χ0) is 11.1. The van der Waals surface area contributed by atoms with Crippen molar-refractivity contribution in [3.05, 3.63) is 35.9 Å². The summed E-state index contributed by atoms with van der Waals surface area (Å²) in [6, 6.07) is 14.2. The normalized spacial score (nSPS) is 13.5. The summed E-state index contributed by atoms with van der Waals surface area (Å²) in [6.45, 7) is 1.99. The largest absolute Gasteiger partial charge is 0.198 e. The molecular weight excluding hydrogens is 184 g/mol. The first kappa shape index (κ1) is 11.3. The van der Waals surface area contributed by atoms with Gasteiger partial charge in [0.1, 0.15) is 0 Å². The molecule has 1 aromatic carbocycles. The van der Waals surface area contributed by atoms with Crippen LogP contribution >= 0.6 is 0 Å². The first-order valence-corrected chi connectivity index (χ1v) is 5.13. The van der Waals surface area contributed by atoms with E-state index in [-0.39, 0.29) is 0 Å². The van der Waals surface area contributed by atoms with Crippen molar-refractivity contribution in [2.24, 2.45) is 0 Å². The average Bonchev–Trinajstić information content (AvgIpc) is 2.33. The molecule has 0 saturated carbocycles. The van der Waals surface area contributed by atoms with Crippen molar-refractivity contribution in [3.8, 4) is 12.1 Å². The van der Waals surface area contributed by atoms with Gasteiger partial charge >= 0.3 is 0 Å². The van der Waals surface area contributed by atoms with Gasteiger partial charge in [-0.25, -0.2) is 0 Å². The Morgan fingerprint density at radius 1 is 1.20 bits per heavy atom. The topological polar surface area (TPSA) is 47.6 Å². The minimum Gasteiger partial charge on any atom is -0.198 e. The molecule has 0 bridgehead atoms. The molecule has 1 atom stereocenters. The van der Waals surface area contributed by atoms with E-state index in [4.69, 9.17) is 5.26 Å². The van der Waals surface area contributed by atoms with Gasteiger partial charge in [-0.15, -0.1) is 0 Å². The molecule has 1 rings (SSSR count). The maximum Gasteiger partial charge on any atom is 0.0829 e. The molecule has 0 aromatic heterocycles. The summed E-state index contributed by atoms with van der Waals surface area (Å²) in [5.41, 5.74) is 0.530. The van der Waals surface area contributed by atoms with E-state index in [1.807, 2.05) is 37.3 Å². The Bertz CT molecular complexity index is 383. The molecule has 0 fully saturated rings. The van der Waals surface area contributed by atoms with Gasteiger partial charge in [-0.2, -0.15) is 10.5 Å². The lowest BCUT2D eigenvalue weighted by Gasteiger charge is -2.24. The summed E-state index contributed by atoms with van der Waals surface area (Å²) >= 11 is 0. The van der Waals surface area contributed by atoms with E-state index in [9.17, 15) is 5.26 Å². The van der Waals surface area contributed by atoms with Gasteiger partial charge in [-0.1, -0.05) is 37.3 Å². The van der Waals surface area contributed by atoms with Crippen molar-refractivity contribution in [1.82, 2.24) is 0 Å². The van der Waals surface area contributed by atoms with Gasteiger partial charge in [0.25, 0.3) is 0 Å². The highest BCUT2D eigenvalue weighted by Gasteiger charge is 2.29. The monoisotopic (exact) mass is 198 g/mol. The molecule has 0 aliphatic carbocycles. The fourth-order valence-electron chi connectivity index (χ4n) is 1.75. The number of hydrogen-bond acceptors (Lipinski definition) is 2. The summed E-state index contributed by atoms with van der Waals surface area (Å²) in [4.78, 5) is 0. The number of hydrogen-bond donors (Lipinski definition) is 0. The highest BCUT2D eigenvalue weighted by atomic mass is 14.4. The second kappa shape index (κ2) is 5.17. The first-order valence-electron chi connectivity index (χ1n) is 5.13. The summed E-state index contributed by atoms with van der Waals surface area (Å²) in [6.07, 6.45) is 1.78. The highest BCUT2D eigenvalue weighted by Crippen LogP contribution is 2.31. The minimum atomic E-state index is -0.489. The van der Waals surface area contributed by atoms with E-state index in [0.29, 0.717) is 12.8 Å². The number of nitrogens with zero attached hydrogens (tertiary/aromatic N) is 2. The third-order valence-corrected chi connectivity index (χ3v) is 2.81. The molecular formula is C13H14N2. The van der Waals surface area contributed by atoms with Crippen molar-refractivity contribution in [2.45, 2.75) is 31.6 Å². The Morgan fingerprint density at radius 3 is 2.33 bits per heavy atom. The lowest BCUT2D eigenvalue weighted by molar-refractivity contribution is 0.493. The highest BCUT2D eigenvalue weighted by molar-refractivity contribution is 5.32. The summed E-state index contributed by atoms with van der Waals surface area (Å²) < 4.78 is 0. The second-order valence-electron chi connectivity index (χ2n) is 3.57. The predicted octanol–water partition coefficient (Wildman–Crippen LogP) is 3.16. The summed E-state index contributed by atoms with van der Waals surface area (Å²) in [5.74, 6) is 0. The second-order valence-corrected chi connectivity index (χ2v) is 3.57. The van der Waals surface area contributed by atoms with Crippen molar-refractivity contribution < 1.29 is 0 Å². The molecule has 0 heterocycles. The molecule has 2 heteroatoms. The SMILES string of the molecule is CC[C@](C#N)(CCC#N)c1ccccc1. The van der Waals surface area contributed by atoms with E-state index in [0.717, 1.165) is 12.0 Å². The van der Waals surface area contributed by atoms with Gasteiger partial charge in [0.05, 0.1) is 17.6 Å². The maximum absolute atomic E-state index is 9.30. The molecule has 76 valence electrons. The number of benzene rings is 1. The molecule has 0 amide bonds. The zero-order valence-corrected chi connectivity index (χ0v) is 8.90. The molecule has 0 N–H and O–H groups in total. The van der Waals surface area contributed by atoms with Crippen LogP contribution in [0, 0.1) is 22.7 Å². The molecule has 0 spiro atoms. The van der Waals surface area contributed by atoms with Crippen LogP contribution in [0.3, 0.4) is 0 Å². The van der Waals surface area contributed by atoms with E-state index >= 15 is 0 Å².